The number of pyridine rings is 1. The zero-order valence-corrected chi connectivity index (χ0v) is 12.3. The molecule has 0 saturated heterocycles. The number of nitrogens with one attached hydrogen (secondary N) is 1. The van der Waals surface area contributed by atoms with Gasteiger partial charge in [0, 0.05) is 12.4 Å². The fourth-order valence-electron chi connectivity index (χ4n) is 2.17. The van der Waals surface area contributed by atoms with E-state index in [9.17, 15) is 0 Å². The van der Waals surface area contributed by atoms with E-state index in [2.05, 4.69) is 46.3 Å². The van der Waals surface area contributed by atoms with Crippen LogP contribution in [-0.2, 0) is 12.8 Å². The molecular formula is C15H21N5. The van der Waals surface area contributed by atoms with Crippen LogP contribution in [0.1, 0.15) is 50.2 Å². The van der Waals surface area contributed by atoms with Crippen LogP contribution in [0.5, 0.6) is 0 Å². The van der Waals surface area contributed by atoms with Gasteiger partial charge in [-0.3, -0.25) is 4.98 Å². The Labute approximate surface area is 119 Å². The van der Waals surface area contributed by atoms with E-state index in [1.165, 1.54) is 5.56 Å². The molecule has 2 heterocycles. The molecule has 0 amide bonds. The highest BCUT2D eigenvalue weighted by Crippen LogP contribution is 2.20. The lowest BCUT2D eigenvalue weighted by atomic mass is 10.1. The minimum Gasteiger partial charge on any atom is -0.346 e. The van der Waals surface area contributed by atoms with E-state index in [0.29, 0.717) is 5.95 Å². The van der Waals surface area contributed by atoms with E-state index in [4.69, 9.17) is 0 Å². The topological polar surface area (TPSA) is 63.6 Å². The van der Waals surface area contributed by atoms with Crippen molar-refractivity contribution in [2.24, 2.45) is 0 Å². The first kappa shape index (κ1) is 14.4. The molecule has 2 aromatic heterocycles. The summed E-state index contributed by atoms with van der Waals surface area (Å²) in [7, 11) is 0. The summed E-state index contributed by atoms with van der Waals surface area (Å²) >= 11 is 0. The Kier molecular flexibility index (Phi) is 4.98. The summed E-state index contributed by atoms with van der Waals surface area (Å²) in [5, 5.41) is 11.8. The average molecular weight is 271 g/mol. The van der Waals surface area contributed by atoms with Crippen LogP contribution in [0.15, 0.2) is 24.5 Å². The lowest BCUT2D eigenvalue weighted by molar-refractivity contribution is 0.720. The van der Waals surface area contributed by atoms with Gasteiger partial charge in [-0.2, -0.15) is 5.10 Å². The van der Waals surface area contributed by atoms with Crippen molar-refractivity contribution >= 4 is 5.95 Å². The summed E-state index contributed by atoms with van der Waals surface area (Å²) < 4.78 is 0. The summed E-state index contributed by atoms with van der Waals surface area (Å²) in [6.45, 7) is 6.30. The lowest BCUT2D eigenvalue weighted by Gasteiger charge is -2.17. The Bertz CT molecular complexity index is 541. The van der Waals surface area contributed by atoms with Gasteiger partial charge in [-0.1, -0.05) is 20.8 Å². The van der Waals surface area contributed by atoms with Gasteiger partial charge in [-0.25, -0.2) is 4.98 Å². The third kappa shape index (κ3) is 3.29. The number of aryl methyl sites for hydroxylation is 2. The van der Waals surface area contributed by atoms with Gasteiger partial charge < -0.3 is 5.32 Å². The van der Waals surface area contributed by atoms with E-state index >= 15 is 0 Å². The zero-order valence-electron chi connectivity index (χ0n) is 12.3. The van der Waals surface area contributed by atoms with Crippen molar-refractivity contribution in [1.29, 1.82) is 0 Å². The second-order valence-electron chi connectivity index (χ2n) is 4.62. The van der Waals surface area contributed by atoms with Crippen molar-refractivity contribution in [3.63, 3.8) is 0 Å². The molecule has 0 saturated carbocycles. The van der Waals surface area contributed by atoms with Crippen molar-refractivity contribution in [3.8, 4) is 0 Å². The van der Waals surface area contributed by atoms with Gasteiger partial charge in [0.15, 0.2) is 0 Å². The lowest BCUT2D eigenvalue weighted by Crippen LogP contribution is -2.14. The molecule has 0 bridgehead atoms. The summed E-state index contributed by atoms with van der Waals surface area (Å²) in [5.41, 5.74) is 3.19. The van der Waals surface area contributed by atoms with Gasteiger partial charge in [0.2, 0.25) is 5.95 Å². The summed E-state index contributed by atoms with van der Waals surface area (Å²) in [6.07, 6.45) is 6.29. The second kappa shape index (κ2) is 6.93. The Morgan fingerprint density at radius 2 is 1.70 bits per heavy atom. The highest BCUT2D eigenvalue weighted by Gasteiger charge is 2.12. The highest BCUT2D eigenvalue weighted by atomic mass is 15.2. The predicted molar refractivity (Wildman–Crippen MR) is 79.5 cm³/mol. The quantitative estimate of drug-likeness (QED) is 0.875. The molecule has 2 aromatic rings. The zero-order chi connectivity index (χ0) is 14.4. The summed E-state index contributed by atoms with van der Waals surface area (Å²) in [6, 6.07) is 4.20. The van der Waals surface area contributed by atoms with Crippen LogP contribution in [-0.4, -0.2) is 20.2 Å². The average Bonchev–Trinajstić information content (AvgIpc) is 2.53. The van der Waals surface area contributed by atoms with E-state index < -0.39 is 0 Å². The molecule has 20 heavy (non-hydrogen) atoms. The van der Waals surface area contributed by atoms with Gasteiger partial charge in [0.25, 0.3) is 0 Å². The number of aromatic nitrogens is 4. The van der Waals surface area contributed by atoms with Crippen molar-refractivity contribution in [2.45, 2.75) is 46.1 Å². The highest BCUT2D eigenvalue weighted by molar-refractivity contribution is 5.31. The molecule has 0 aliphatic carbocycles. The van der Waals surface area contributed by atoms with Crippen LogP contribution < -0.4 is 5.32 Å². The SMILES string of the molecule is CCc1nnc(NC(CC)c2ccncc2)nc1CC. The molecule has 1 unspecified atom stereocenters. The van der Waals surface area contributed by atoms with Crippen LogP contribution in [0, 0.1) is 0 Å². The van der Waals surface area contributed by atoms with E-state index in [1.54, 1.807) is 12.4 Å². The maximum atomic E-state index is 4.57. The number of nitrogens with zero attached hydrogens (tertiary/aromatic N) is 4. The molecular weight excluding hydrogens is 250 g/mol. The van der Waals surface area contributed by atoms with E-state index in [1.807, 2.05) is 12.1 Å². The fourth-order valence-corrected chi connectivity index (χ4v) is 2.17. The van der Waals surface area contributed by atoms with Gasteiger partial charge in [0.1, 0.15) is 0 Å². The Hall–Kier alpha value is -2.04. The van der Waals surface area contributed by atoms with Crippen molar-refractivity contribution < 1.29 is 0 Å². The van der Waals surface area contributed by atoms with Crippen LogP contribution in [0.2, 0.25) is 0 Å². The molecule has 0 fully saturated rings. The fraction of sp³-hybridized carbons (Fsp3) is 0.467. The molecule has 0 aliphatic rings. The molecule has 5 heteroatoms. The maximum absolute atomic E-state index is 4.57. The summed E-state index contributed by atoms with van der Waals surface area (Å²) in [5.74, 6) is 0.600. The molecule has 0 radical (unpaired) electrons. The predicted octanol–water partition coefficient (Wildman–Crippen LogP) is 2.95. The molecule has 5 nitrogen and oxygen atoms in total. The van der Waals surface area contributed by atoms with Gasteiger partial charge >= 0.3 is 0 Å². The minimum absolute atomic E-state index is 0.178. The summed E-state index contributed by atoms with van der Waals surface area (Å²) in [4.78, 5) is 8.62. The van der Waals surface area contributed by atoms with Crippen LogP contribution >= 0.6 is 0 Å². The van der Waals surface area contributed by atoms with Crippen LogP contribution in [0.25, 0.3) is 0 Å². The maximum Gasteiger partial charge on any atom is 0.243 e. The molecule has 106 valence electrons. The normalized spacial score (nSPS) is 12.2. The first-order valence-electron chi connectivity index (χ1n) is 7.17. The number of hydrogen-bond donors (Lipinski definition) is 1. The molecule has 1 N–H and O–H groups in total. The van der Waals surface area contributed by atoms with Crippen LogP contribution in [0.4, 0.5) is 5.95 Å². The molecule has 2 rings (SSSR count). The van der Waals surface area contributed by atoms with E-state index in [0.717, 1.165) is 30.7 Å². The Morgan fingerprint density at radius 1 is 1.00 bits per heavy atom. The first-order chi connectivity index (χ1) is 9.78. The van der Waals surface area contributed by atoms with Gasteiger partial charge in [0.05, 0.1) is 17.4 Å². The monoisotopic (exact) mass is 271 g/mol. The standard InChI is InChI=1S/C15H21N5/c1-4-12(11-7-9-16-10-8-11)17-15-18-13(5-2)14(6-3)19-20-15/h7-10,12H,4-6H2,1-3H3,(H,17,18,20). The smallest absolute Gasteiger partial charge is 0.243 e. The van der Waals surface area contributed by atoms with Gasteiger partial charge in [-0.15, -0.1) is 5.10 Å². The Balaban J connectivity index is 2.20. The van der Waals surface area contributed by atoms with E-state index in [-0.39, 0.29) is 6.04 Å². The molecule has 1 atom stereocenters. The van der Waals surface area contributed by atoms with Crippen LogP contribution in [0.3, 0.4) is 0 Å². The molecule has 0 spiro atoms. The van der Waals surface area contributed by atoms with Crippen molar-refractivity contribution in [2.75, 3.05) is 5.32 Å². The molecule has 0 aromatic carbocycles. The number of hydrogen-bond acceptors (Lipinski definition) is 5. The third-order valence-electron chi connectivity index (χ3n) is 3.33. The van der Waals surface area contributed by atoms with Crippen molar-refractivity contribution in [1.82, 2.24) is 20.2 Å². The largest absolute Gasteiger partial charge is 0.346 e. The van der Waals surface area contributed by atoms with Gasteiger partial charge in [-0.05, 0) is 37.0 Å². The number of rotatable bonds is 6. The van der Waals surface area contributed by atoms with Crippen molar-refractivity contribution in [3.05, 3.63) is 41.5 Å². The number of anilines is 1. The molecule has 0 aliphatic heterocycles. The second-order valence-corrected chi connectivity index (χ2v) is 4.62. The third-order valence-corrected chi connectivity index (χ3v) is 3.33. The first-order valence-corrected chi connectivity index (χ1v) is 7.17. The minimum atomic E-state index is 0.178. The Morgan fingerprint density at radius 3 is 2.30 bits per heavy atom.